The molecule has 2 aromatic carbocycles. The standard InChI is InChI=1S/C27H30F4N2O3/c1-35-18-4-5-23-20(15-18)19(22(30)16-33-23)3-2-7-27(8-10-32-11-9-27)25(34)6-12-36-24-14-17(28)13-21(29)26(24)31/h4-5,13-16,25,32,34H,2-3,6-12H2,1H3. The van der Waals surface area contributed by atoms with Crippen LogP contribution in [0.1, 0.15) is 37.7 Å². The third-order valence-electron chi connectivity index (χ3n) is 7.15. The van der Waals surface area contributed by atoms with Crippen molar-refractivity contribution in [1.82, 2.24) is 10.3 Å². The monoisotopic (exact) mass is 506 g/mol. The number of rotatable bonds is 10. The van der Waals surface area contributed by atoms with Gasteiger partial charge in [0.25, 0.3) is 0 Å². The van der Waals surface area contributed by atoms with E-state index in [0.717, 1.165) is 19.2 Å². The summed E-state index contributed by atoms with van der Waals surface area (Å²) in [6, 6.07) is 6.59. The number of aryl methyl sites for hydroxylation is 1. The lowest BCUT2D eigenvalue weighted by Crippen LogP contribution is -2.45. The number of halogens is 4. The molecule has 0 amide bonds. The lowest BCUT2D eigenvalue weighted by atomic mass is 9.69. The third-order valence-corrected chi connectivity index (χ3v) is 7.15. The summed E-state index contributed by atoms with van der Waals surface area (Å²) in [5.74, 6) is -3.80. The van der Waals surface area contributed by atoms with E-state index in [0.29, 0.717) is 60.4 Å². The van der Waals surface area contributed by atoms with Gasteiger partial charge in [0.15, 0.2) is 11.6 Å². The summed E-state index contributed by atoms with van der Waals surface area (Å²) >= 11 is 0. The van der Waals surface area contributed by atoms with Gasteiger partial charge in [-0.05, 0) is 74.4 Å². The second kappa shape index (κ2) is 11.4. The summed E-state index contributed by atoms with van der Waals surface area (Å²) in [7, 11) is 1.55. The first-order chi connectivity index (χ1) is 17.3. The minimum atomic E-state index is -1.33. The SMILES string of the molecule is COc1ccc2ncc(F)c(CCCC3(C(O)CCOc4cc(F)cc(F)c4F)CCNCC3)c2c1. The molecule has 1 unspecified atom stereocenters. The number of aromatic nitrogens is 1. The number of ether oxygens (including phenoxy) is 2. The molecular weight excluding hydrogens is 476 g/mol. The average Bonchev–Trinajstić information content (AvgIpc) is 2.88. The molecule has 1 saturated heterocycles. The Bertz CT molecular complexity index is 1200. The average molecular weight is 507 g/mol. The van der Waals surface area contributed by atoms with Crippen LogP contribution in [0.5, 0.6) is 11.5 Å². The summed E-state index contributed by atoms with van der Waals surface area (Å²) in [5.41, 5.74) is 0.809. The van der Waals surface area contributed by atoms with Gasteiger partial charge < -0.3 is 19.9 Å². The molecule has 0 aliphatic carbocycles. The van der Waals surface area contributed by atoms with Crippen LogP contribution < -0.4 is 14.8 Å². The maximum absolute atomic E-state index is 14.7. The zero-order chi connectivity index (χ0) is 25.7. The van der Waals surface area contributed by atoms with Gasteiger partial charge in [-0.2, -0.15) is 4.39 Å². The van der Waals surface area contributed by atoms with Gasteiger partial charge in [-0.3, -0.25) is 4.98 Å². The number of aliphatic hydroxyl groups excluding tert-OH is 1. The Kier molecular flexibility index (Phi) is 8.31. The van der Waals surface area contributed by atoms with E-state index in [1.54, 1.807) is 25.3 Å². The Morgan fingerprint density at radius 1 is 1.08 bits per heavy atom. The quantitative estimate of drug-likeness (QED) is 0.288. The zero-order valence-corrected chi connectivity index (χ0v) is 20.1. The highest BCUT2D eigenvalue weighted by Crippen LogP contribution is 2.40. The van der Waals surface area contributed by atoms with Crippen molar-refractivity contribution in [2.75, 3.05) is 26.8 Å². The van der Waals surface area contributed by atoms with E-state index >= 15 is 0 Å². The summed E-state index contributed by atoms with van der Waals surface area (Å²) in [4.78, 5) is 4.17. The molecule has 0 radical (unpaired) electrons. The number of fused-ring (bicyclic) bond motifs is 1. The van der Waals surface area contributed by atoms with Crippen LogP contribution in [0.25, 0.3) is 10.9 Å². The smallest absolute Gasteiger partial charge is 0.200 e. The fourth-order valence-corrected chi connectivity index (χ4v) is 5.10. The molecule has 4 rings (SSSR count). The molecule has 1 aliphatic rings. The first kappa shape index (κ1) is 26.2. The van der Waals surface area contributed by atoms with Crippen molar-refractivity contribution in [3.63, 3.8) is 0 Å². The Morgan fingerprint density at radius 3 is 2.61 bits per heavy atom. The van der Waals surface area contributed by atoms with Crippen LogP contribution in [0.2, 0.25) is 0 Å². The van der Waals surface area contributed by atoms with E-state index < -0.39 is 34.7 Å². The minimum absolute atomic E-state index is 0.0976. The van der Waals surface area contributed by atoms with Crippen LogP contribution in [-0.4, -0.2) is 43.0 Å². The van der Waals surface area contributed by atoms with Crippen molar-refractivity contribution in [3.8, 4) is 11.5 Å². The van der Waals surface area contributed by atoms with Gasteiger partial charge in [0.1, 0.15) is 17.4 Å². The lowest BCUT2D eigenvalue weighted by Gasteiger charge is -2.42. The Hall–Kier alpha value is -2.91. The highest BCUT2D eigenvalue weighted by molar-refractivity contribution is 5.83. The van der Waals surface area contributed by atoms with Crippen LogP contribution in [0, 0.1) is 28.7 Å². The number of pyridine rings is 1. The topological polar surface area (TPSA) is 63.6 Å². The second-order valence-corrected chi connectivity index (χ2v) is 9.29. The van der Waals surface area contributed by atoms with Crippen LogP contribution >= 0.6 is 0 Å². The second-order valence-electron chi connectivity index (χ2n) is 9.29. The molecule has 1 fully saturated rings. The lowest BCUT2D eigenvalue weighted by molar-refractivity contribution is -0.0191. The van der Waals surface area contributed by atoms with Gasteiger partial charge in [-0.1, -0.05) is 0 Å². The highest BCUT2D eigenvalue weighted by atomic mass is 19.2. The summed E-state index contributed by atoms with van der Waals surface area (Å²) in [6.45, 7) is 1.36. The maximum Gasteiger partial charge on any atom is 0.200 e. The first-order valence-electron chi connectivity index (χ1n) is 12.1. The molecule has 194 valence electrons. The molecular formula is C27H30F4N2O3. The largest absolute Gasteiger partial charge is 0.497 e. The first-order valence-corrected chi connectivity index (χ1v) is 12.1. The Balaban J connectivity index is 1.43. The predicted molar refractivity (Wildman–Crippen MR) is 128 cm³/mol. The molecule has 0 saturated carbocycles. The van der Waals surface area contributed by atoms with Crippen molar-refractivity contribution in [2.45, 2.75) is 44.6 Å². The summed E-state index contributed by atoms with van der Waals surface area (Å²) in [6.07, 6.45) is 3.78. The van der Waals surface area contributed by atoms with E-state index in [-0.39, 0.29) is 18.8 Å². The van der Waals surface area contributed by atoms with Gasteiger partial charge in [-0.15, -0.1) is 0 Å². The molecule has 0 spiro atoms. The van der Waals surface area contributed by atoms with Crippen molar-refractivity contribution >= 4 is 10.9 Å². The maximum atomic E-state index is 14.7. The number of hydrogen-bond donors (Lipinski definition) is 2. The van der Waals surface area contributed by atoms with Crippen molar-refractivity contribution in [3.05, 3.63) is 65.4 Å². The Labute approximate surface area is 207 Å². The van der Waals surface area contributed by atoms with Gasteiger partial charge in [-0.25, -0.2) is 13.2 Å². The highest BCUT2D eigenvalue weighted by Gasteiger charge is 2.38. The molecule has 9 heteroatoms. The molecule has 0 bridgehead atoms. The van der Waals surface area contributed by atoms with Crippen LogP contribution in [0.15, 0.2) is 36.5 Å². The normalized spacial score (nSPS) is 16.2. The fraction of sp³-hybridized carbons (Fsp3) is 0.444. The minimum Gasteiger partial charge on any atom is -0.497 e. The van der Waals surface area contributed by atoms with Gasteiger partial charge in [0.2, 0.25) is 5.82 Å². The number of nitrogens with one attached hydrogen (secondary N) is 1. The molecule has 5 nitrogen and oxygen atoms in total. The van der Waals surface area contributed by atoms with Gasteiger partial charge in [0.05, 0.1) is 31.5 Å². The van der Waals surface area contributed by atoms with Crippen LogP contribution in [0.4, 0.5) is 17.6 Å². The predicted octanol–water partition coefficient (Wildman–Crippen LogP) is 5.32. The molecule has 3 aromatic rings. The van der Waals surface area contributed by atoms with E-state index in [4.69, 9.17) is 9.47 Å². The number of methoxy groups -OCH3 is 1. The third kappa shape index (κ3) is 5.73. The van der Waals surface area contributed by atoms with E-state index in [2.05, 4.69) is 10.3 Å². The van der Waals surface area contributed by atoms with Crippen LogP contribution in [-0.2, 0) is 6.42 Å². The van der Waals surface area contributed by atoms with Crippen LogP contribution in [0.3, 0.4) is 0 Å². The van der Waals surface area contributed by atoms with E-state index in [9.17, 15) is 22.7 Å². The summed E-state index contributed by atoms with van der Waals surface area (Å²) in [5, 5.41) is 15.1. The number of nitrogens with zero attached hydrogens (tertiary/aromatic N) is 1. The molecule has 2 N–H and O–H groups in total. The molecule has 2 heterocycles. The molecule has 1 atom stereocenters. The van der Waals surface area contributed by atoms with Crippen molar-refractivity contribution < 1.29 is 32.1 Å². The fourth-order valence-electron chi connectivity index (χ4n) is 5.10. The van der Waals surface area contributed by atoms with Crippen molar-refractivity contribution in [2.24, 2.45) is 5.41 Å². The zero-order valence-electron chi connectivity index (χ0n) is 20.1. The van der Waals surface area contributed by atoms with Gasteiger partial charge in [0, 0.05) is 23.9 Å². The van der Waals surface area contributed by atoms with Gasteiger partial charge >= 0.3 is 0 Å². The number of hydrogen-bond acceptors (Lipinski definition) is 5. The number of aliphatic hydroxyl groups is 1. The Morgan fingerprint density at radius 2 is 1.86 bits per heavy atom. The molecule has 1 aliphatic heterocycles. The molecule has 1 aromatic heterocycles. The van der Waals surface area contributed by atoms with E-state index in [1.807, 2.05) is 0 Å². The number of piperidine rings is 1. The van der Waals surface area contributed by atoms with Crippen molar-refractivity contribution in [1.29, 1.82) is 0 Å². The van der Waals surface area contributed by atoms with E-state index in [1.165, 1.54) is 6.20 Å². The molecule has 36 heavy (non-hydrogen) atoms. The summed E-state index contributed by atoms with van der Waals surface area (Å²) < 4.78 is 66.0. The number of benzene rings is 2.